The molecule has 15 heavy (non-hydrogen) atoms. The highest BCUT2D eigenvalue weighted by Crippen LogP contribution is 2.00. The molecule has 0 aromatic rings. The zero-order valence-electron chi connectivity index (χ0n) is 9.99. The van der Waals surface area contributed by atoms with Gasteiger partial charge in [-0.05, 0) is 12.3 Å². The number of nitrogens with two attached hydrogens (primary N) is 1. The normalized spacial score (nSPS) is 12.9. The number of hydrogen-bond donors (Lipinski definition) is 1. The summed E-state index contributed by atoms with van der Waals surface area (Å²) in [6.45, 7) is 7.36. The van der Waals surface area contributed by atoms with Gasteiger partial charge < -0.3 is 15.2 Å². The molecule has 0 saturated heterocycles. The molecule has 0 rings (SSSR count). The molecule has 4 nitrogen and oxygen atoms in total. The smallest absolute Gasteiger partial charge is 0.323 e. The zero-order chi connectivity index (χ0) is 11.7. The van der Waals surface area contributed by atoms with Crippen LogP contribution in [0.2, 0.25) is 0 Å². The van der Waals surface area contributed by atoms with Gasteiger partial charge in [-0.25, -0.2) is 0 Å². The van der Waals surface area contributed by atoms with Gasteiger partial charge in [0, 0.05) is 6.61 Å². The van der Waals surface area contributed by atoms with Crippen LogP contribution in [-0.2, 0) is 14.3 Å². The first kappa shape index (κ1) is 14.4. The molecule has 0 aromatic carbocycles. The topological polar surface area (TPSA) is 61.5 Å². The molecule has 0 radical (unpaired) electrons. The lowest BCUT2D eigenvalue weighted by Crippen LogP contribution is -2.37. The number of rotatable bonds is 8. The molecule has 0 amide bonds. The first-order chi connectivity index (χ1) is 7.09. The van der Waals surface area contributed by atoms with Crippen LogP contribution < -0.4 is 5.73 Å². The van der Waals surface area contributed by atoms with Gasteiger partial charge in [0.25, 0.3) is 0 Å². The van der Waals surface area contributed by atoms with Gasteiger partial charge in [-0.15, -0.1) is 0 Å². The fourth-order valence-corrected chi connectivity index (χ4v) is 0.918. The molecular weight excluding hydrogens is 194 g/mol. The molecule has 0 aliphatic heterocycles. The molecule has 0 heterocycles. The summed E-state index contributed by atoms with van der Waals surface area (Å²) in [5.41, 5.74) is 5.61. The standard InChI is InChI=1S/C11H23NO3/c1-4-5-6-14-7-8-15-11(13)10(12)9(2)3/h9-10H,4-8,12H2,1-3H3. The highest BCUT2D eigenvalue weighted by Gasteiger charge is 2.18. The van der Waals surface area contributed by atoms with Gasteiger partial charge in [0.05, 0.1) is 6.61 Å². The second-order valence-corrected chi connectivity index (χ2v) is 3.90. The van der Waals surface area contributed by atoms with Crippen LogP contribution in [-0.4, -0.2) is 31.8 Å². The fraction of sp³-hybridized carbons (Fsp3) is 0.909. The molecule has 0 aliphatic carbocycles. The fourth-order valence-electron chi connectivity index (χ4n) is 0.918. The minimum atomic E-state index is -0.527. The van der Waals surface area contributed by atoms with Crippen LogP contribution in [0.4, 0.5) is 0 Å². The van der Waals surface area contributed by atoms with Crippen molar-refractivity contribution in [3.05, 3.63) is 0 Å². The molecule has 0 aromatic heterocycles. The molecule has 90 valence electrons. The third kappa shape index (κ3) is 7.33. The lowest BCUT2D eigenvalue weighted by Gasteiger charge is -2.14. The van der Waals surface area contributed by atoms with Crippen molar-refractivity contribution in [1.29, 1.82) is 0 Å². The van der Waals surface area contributed by atoms with Gasteiger partial charge in [0.1, 0.15) is 12.6 Å². The molecule has 1 atom stereocenters. The number of carbonyl (C=O) groups is 1. The highest BCUT2D eigenvalue weighted by atomic mass is 16.6. The van der Waals surface area contributed by atoms with Gasteiger partial charge in [0.15, 0.2) is 0 Å². The third-order valence-corrected chi connectivity index (χ3v) is 2.10. The van der Waals surface area contributed by atoms with Crippen molar-refractivity contribution in [3.8, 4) is 0 Å². The van der Waals surface area contributed by atoms with Crippen LogP contribution in [0.5, 0.6) is 0 Å². The predicted octanol–water partition coefficient (Wildman–Crippen LogP) is 1.33. The van der Waals surface area contributed by atoms with Gasteiger partial charge in [-0.1, -0.05) is 27.2 Å². The maximum Gasteiger partial charge on any atom is 0.323 e. The van der Waals surface area contributed by atoms with Gasteiger partial charge in [-0.3, -0.25) is 4.79 Å². The minimum Gasteiger partial charge on any atom is -0.462 e. The number of unbranched alkanes of at least 4 members (excludes halogenated alkanes) is 1. The Bertz CT molecular complexity index is 171. The Morgan fingerprint density at radius 1 is 1.27 bits per heavy atom. The molecule has 0 spiro atoms. The Hall–Kier alpha value is -0.610. The Morgan fingerprint density at radius 3 is 2.47 bits per heavy atom. The van der Waals surface area contributed by atoms with E-state index in [1.165, 1.54) is 0 Å². The van der Waals surface area contributed by atoms with E-state index in [-0.39, 0.29) is 11.9 Å². The van der Waals surface area contributed by atoms with Gasteiger partial charge >= 0.3 is 5.97 Å². The van der Waals surface area contributed by atoms with Crippen LogP contribution in [0.25, 0.3) is 0 Å². The largest absolute Gasteiger partial charge is 0.462 e. The van der Waals surface area contributed by atoms with Crippen molar-refractivity contribution in [2.75, 3.05) is 19.8 Å². The first-order valence-corrected chi connectivity index (χ1v) is 5.59. The Labute approximate surface area is 92.1 Å². The van der Waals surface area contributed by atoms with Crippen molar-refractivity contribution in [2.45, 2.75) is 39.7 Å². The molecule has 1 unspecified atom stereocenters. The quantitative estimate of drug-likeness (QED) is 0.492. The Kier molecular flexibility index (Phi) is 8.33. The van der Waals surface area contributed by atoms with E-state index in [2.05, 4.69) is 6.92 Å². The first-order valence-electron chi connectivity index (χ1n) is 5.59. The average Bonchev–Trinajstić information content (AvgIpc) is 2.21. The van der Waals surface area contributed by atoms with E-state index in [0.29, 0.717) is 13.2 Å². The Morgan fingerprint density at radius 2 is 1.93 bits per heavy atom. The van der Waals surface area contributed by atoms with Crippen LogP contribution in [0.1, 0.15) is 33.6 Å². The summed E-state index contributed by atoms with van der Waals surface area (Å²) >= 11 is 0. The second kappa shape index (κ2) is 8.68. The molecule has 0 saturated carbocycles. The average molecular weight is 217 g/mol. The summed E-state index contributed by atoms with van der Waals surface area (Å²) in [7, 11) is 0. The molecule has 4 heteroatoms. The van der Waals surface area contributed by atoms with E-state index in [1.807, 2.05) is 13.8 Å². The van der Waals surface area contributed by atoms with E-state index in [9.17, 15) is 4.79 Å². The maximum absolute atomic E-state index is 11.3. The molecule has 0 bridgehead atoms. The summed E-state index contributed by atoms with van der Waals surface area (Å²) in [5.74, 6) is -0.234. The summed E-state index contributed by atoms with van der Waals surface area (Å²) < 4.78 is 10.2. The van der Waals surface area contributed by atoms with Crippen molar-refractivity contribution in [1.82, 2.24) is 0 Å². The van der Waals surface area contributed by atoms with Crippen molar-refractivity contribution in [2.24, 2.45) is 11.7 Å². The summed E-state index contributed by atoms with van der Waals surface area (Å²) in [4.78, 5) is 11.3. The monoisotopic (exact) mass is 217 g/mol. The van der Waals surface area contributed by atoms with Crippen molar-refractivity contribution in [3.63, 3.8) is 0 Å². The van der Waals surface area contributed by atoms with E-state index in [0.717, 1.165) is 19.4 Å². The van der Waals surface area contributed by atoms with Gasteiger partial charge in [-0.2, -0.15) is 0 Å². The van der Waals surface area contributed by atoms with Crippen molar-refractivity contribution >= 4 is 5.97 Å². The van der Waals surface area contributed by atoms with Crippen molar-refractivity contribution < 1.29 is 14.3 Å². The van der Waals surface area contributed by atoms with E-state index in [4.69, 9.17) is 15.2 Å². The number of esters is 1. The lowest BCUT2D eigenvalue weighted by molar-refractivity contribution is -0.147. The van der Waals surface area contributed by atoms with Crippen LogP contribution in [0.15, 0.2) is 0 Å². The van der Waals surface area contributed by atoms with Gasteiger partial charge in [0.2, 0.25) is 0 Å². The summed E-state index contributed by atoms with van der Waals surface area (Å²) in [6.07, 6.45) is 2.15. The molecule has 0 aliphatic rings. The van der Waals surface area contributed by atoms with E-state index < -0.39 is 6.04 Å². The lowest BCUT2D eigenvalue weighted by atomic mass is 10.1. The summed E-state index contributed by atoms with van der Waals surface area (Å²) in [6, 6.07) is -0.527. The number of carbonyl (C=O) groups excluding carboxylic acids is 1. The predicted molar refractivity (Wildman–Crippen MR) is 59.5 cm³/mol. The third-order valence-electron chi connectivity index (χ3n) is 2.10. The van der Waals surface area contributed by atoms with E-state index >= 15 is 0 Å². The molecule has 0 fully saturated rings. The van der Waals surface area contributed by atoms with Crippen LogP contribution >= 0.6 is 0 Å². The molecule has 2 N–H and O–H groups in total. The Balaban J connectivity index is 3.39. The van der Waals surface area contributed by atoms with Crippen LogP contribution in [0, 0.1) is 5.92 Å². The molecular formula is C11H23NO3. The van der Waals surface area contributed by atoms with Crippen LogP contribution in [0.3, 0.4) is 0 Å². The second-order valence-electron chi connectivity index (χ2n) is 3.90. The zero-order valence-corrected chi connectivity index (χ0v) is 9.99. The number of ether oxygens (including phenoxy) is 2. The van der Waals surface area contributed by atoms with E-state index in [1.54, 1.807) is 0 Å². The maximum atomic E-state index is 11.3. The number of hydrogen-bond acceptors (Lipinski definition) is 4. The summed E-state index contributed by atoms with van der Waals surface area (Å²) in [5, 5.41) is 0. The highest BCUT2D eigenvalue weighted by molar-refractivity contribution is 5.75. The minimum absolute atomic E-state index is 0.110. The SMILES string of the molecule is CCCCOCCOC(=O)C(N)C(C)C.